The van der Waals surface area contributed by atoms with Crippen molar-refractivity contribution in [2.45, 2.75) is 39.2 Å². The summed E-state index contributed by atoms with van der Waals surface area (Å²) >= 11 is 0. The van der Waals surface area contributed by atoms with Crippen LogP contribution >= 0.6 is 0 Å². The molecule has 0 fully saturated rings. The quantitative estimate of drug-likeness (QED) is 0.443. The summed E-state index contributed by atoms with van der Waals surface area (Å²) in [5.41, 5.74) is 16.1. The SMILES string of the molecule is C=CN(C)c1cc(-n2cc(CN(CCN)CCc3ccc4c(c3)CCC4=C)cn2)ccc1CC. The van der Waals surface area contributed by atoms with Crippen LogP contribution in [-0.2, 0) is 25.8 Å². The third-order valence-corrected chi connectivity index (χ3v) is 6.82. The molecule has 0 saturated carbocycles. The van der Waals surface area contributed by atoms with Gasteiger partial charge in [-0.25, -0.2) is 4.68 Å². The molecule has 2 N–H and O–H groups in total. The van der Waals surface area contributed by atoms with E-state index in [9.17, 15) is 0 Å². The lowest BCUT2D eigenvalue weighted by Gasteiger charge is -2.21. The van der Waals surface area contributed by atoms with Gasteiger partial charge in [-0.2, -0.15) is 5.10 Å². The van der Waals surface area contributed by atoms with Crippen molar-refractivity contribution in [2.75, 3.05) is 31.6 Å². The molecule has 3 aromatic rings. The van der Waals surface area contributed by atoms with Crippen LogP contribution in [0.15, 0.2) is 68.1 Å². The fourth-order valence-electron chi connectivity index (χ4n) is 4.78. The van der Waals surface area contributed by atoms with Gasteiger partial charge in [0, 0.05) is 50.7 Å². The molecule has 0 unspecified atom stereocenters. The third-order valence-electron chi connectivity index (χ3n) is 6.82. The molecule has 5 heteroatoms. The van der Waals surface area contributed by atoms with Crippen LogP contribution in [0.1, 0.15) is 41.2 Å². The number of fused-ring (bicyclic) bond motifs is 1. The second-order valence-corrected chi connectivity index (χ2v) is 9.16. The van der Waals surface area contributed by atoms with Gasteiger partial charge in [0.05, 0.1) is 11.9 Å². The Hall–Kier alpha value is -3.15. The average Bonchev–Trinajstić information content (AvgIpc) is 3.48. The Balaban J connectivity index is 1.44. The van der Waals surface area contributed by atoms with Gasteiger partial charge in [0.1, 0.15) is 0 Å². The molecule has 1 aliphatic rings. The highest BCUT2D eigenvalue weighted by molar-refractivity contribution is 5.71. The molecule has 5 nitrogen and oxygen atoms in total. The van der Waals surface area contributed by atoms with E-state index in [1.165, 1.54) is 33.4 Å². The Morgan fingerprint density at radius 2 is 1.97 bits per heavy atom. The lowest BCUT2D eigenvalue weighted by molar-refractivity contribution is 0.276. The molecule has 1 heterocycles. The third kappa shape index (κ3) is 5.32. The largest absolute Gasteiger partial charge is 0.351 e. The first kappa shape index (κ1) is 24.0. The van der Waals surface area contributed by atoms with Gasteiger partial charge in [-0.15, -0.1) is 0 Å². The second-order valence-electron chi connectivity index (χ2n) is 9.16. The van der Waals surface area contributed by atoms with Crippen molar-refractivity contribution in [3.63, 3.8) is 0 Å². The van der Waals surface area contributed by atoms with E-state index in [2.05, 4.69) is 77.6 Å². The summed E-state index contributed by atoms with van der Waals surface area (Å²) in [4.78, 5) is 4.48. The van der Waals surface area contributed by atoms with E-state index in [0.29, 0.717) is 6.54 Å². The second kappa shape index (κ2) is 10.9. The van der Waals surface area contributed by atoms with Crippen molar-refractivity contribution < 1.29 is 0 Å². The van der Waals surface area contributed by atoms with Gasteiger partial charge in [-0.1, -0.05) is 44.3 Å². The van der Waals surface area contributed by atoms with E-state index in [4.69, 9.17) is 5.73 Å². The summed E-state index contributed by atoms with van der Waals surface area (Å²) < 4.78 is 1.96. The molecule has 1 aliphatic carbocycles. The summed E-state index contributed by atoms with van der Waals surface area (Å²) in [6.45, 7) is 13.6. The number of hydrogen-bond donors (Lipinski definition) is 1. The minimum Gasteiger partial charge on any atom is -0.351 e. The number of aryl methyl sites for hydroxylation is 2. The number of allylic oxidation sites excluding steroid dienone is 1. The van der Waals surface area contributed by atoms with Crippen molar-refractivity contribution in [2.24, 2.45) is 5.73 Å². The van der Waals surface area contributed by atoms with Gasteiger partial charge in [-0.05, 0) is 71.8 Å². The summed E-state index contributed by atoms with van der Waals surface area (Å²) in [7, 11) is 2.03. The van der Waals surface area contributed by atoms with Crippen LogP contribution in [-0.4, -0.2) is 41.4 Å². The van der Waals surface area contributed by atoms with Gasteiger partial charge in [0.25, 0.3) is 0 Å². The molecule has 4 rings (SSSR count). The van der Waals surface area contributed by atoms with Crippen LogP contribution in [0.4, 0.5) is 5.69 Å². The lowest BCUT2D eigenvalue weighted by Crippen LogP contribution is -2.31. The van der Waals surface area contributed by atoms with Crippen molar-refractivity contribution in [1.29, 1.82) is 0 Å². The highest BCUT2D eigenvalue weighted by Crippen LogP contribution is 2.31. The molecular weight excluding hydrogens is 418 g/mol. The fourth-order valence-corrected chi connectivity index (χ4v) is 4.78. The Labute approximate surface area is 204 Å². The smallest absolute Gasteiger partial charge is 0.0666 e. The summed E-state index contributed by atoms with van der Waals surface area (Å²) in [6.07, 6.45) is 10.1. The van der Waals surface area contributed by atoms with E-state index in [0.717, 1.165) is 56.7 Å². The molecular formula is C29H37N5. The Morgan fingerprint density at radius 1 is 1.12 bits per heavy atom. The Morgan fingerprint density at radius 3 is 2.74 bits per heavy atom. The Kier molecular flexibility index (Phi) is 7.66. The highest BCUT2D eigenvalue weighted by atomic mass is 15.3. The molecule has 178 valence electrons. The number of nitrogens with zero attached hydrogens (tertiary/aromatic N) is 4. The zero-order chi connectivity index (χ0) is 24.1. The maximum Gasteiger partial charge on any atom is 0.0666 e. The molecule has 0 spiro atoms. The van der Waals surface area contributed by atoms with Crippen LogP contribution in [0.25, 0.3) is 11.3 Å². The van der Waals surface area contributed by atoms with Crippen molar-refractivity contribution in [1.82, 2.24) is 14.7 Å². The number of aromatic nitrogens is 2. The Bertz CT molecular complexity index is 1160. The van der Waals surface area contributed by atoms with Gasteiger partial charge in [0.15, 0.2) is 0 Å². The highest BCUT2D eigenvalue weighted by Gasteiger charge is 2.15. The van der Waals surface area contributed by atoms with E-state index >= 15 is 0 Å². The standard InChI is InChI=1S/C29H37N5/c1-5-25-10-11-27(18-29(25)32(4)6-2)34-21-24(19-31-34)20-33(16-14-30)15-13-23-8-12-28-22(3)7-9-26(28)17-23/h6,8,10-12,17-19,21H,2-3,5,7,9,13-16,20,30H2,1,4H3. The first-order valence-corrected chi connectivity index (χ1v) is 12.3. The van der Waals surface area contributed by atoms with E-state index in [-0.39, 0.29) is 0 Å². The maximum absolute atomic E-state index is 5.94. The molecule has 2 aromatic carbocycles. The average molecular weight is 456 g/mol. The lowest BCUT2D eigenvalue weighted by atomic mass is 10.0. The number of anilines is 1. The van der Waals surface area contributed by atoms with E-state index in [1.807, 2.05) is 24.1 Å². The minimum atomic E-state index is 0.647. The number of hydrogen-bond acceptors (Lipinski definition) is 4. The van der Waals surface area contributed by atoms with E-state index in [1.54, 1.807) is 0 Å². The van der Waals surface area contributed by atoms with E-state index < -0.39 is 0 Å². The normalized spacial score (nSPS) is 12.9. The zero-order valence-electron chi connectivity index (χ0n) is 20.6. The monoisotopic (exact) mass is 455 g/mol. The molecule has 1 aromatic heterocycles. The van der Waals surface area contributed by atoms with Crippen molar-refractivity contribution >= 4 is 11.3 Å². The number of nitrogens with two attached hydrogens (primary N) is 1. The van der Waals surface area contributed by atoms with Crippen LogP contribution in [0, 0.1) is 0 Å². The fraction of sp³-hybridized carbons (Fsp3) is 0.345. The van der Waals surface area contributed by atoms with Crippen molar-refractivity contribution in [3.8, 4) is 5.69 Å². The summed E-state index contributed by atoms with van der Waals surface area (Å²) in [6, 6.07) is 13.4. The van der Waals surface area contributed by atoms with Gasteiger partial charge >= 0.3 is 0 Å². The van der Waals surface area contributed by atoms with Crippen LogP contribution in [0.2, 0.25) is 0 Å². The zero-order valence-corrected chi connectivity index (χ0v) is 20.6. The molecule has 0 saturated heterocycles. The predicted octanol–water partition coefficient (Wildman–Crippen LogP) is 4.98. The summed E-state index contributed by atoms with van der Waals surface area (Å²) in [5, 5.41) is 4.65. The van der Waals surface area contributed by atoms with Crippen LogP contribution in [0.3, 0.4) is 0 Å². The molecule has 0 radical (unpaired) electrons. The topological polar surface area (TPSA) is 50.3 Å². The van der Waals surface area contributed by atoms with Crippen molar-refractivity contribution in [3.05, 3.63) is 96.0 Å². The predicted molar refractivity (Wildman–Crippen MR) is 143 cm³/mol. The first-order chi connectivity index (χ1) is 16.5. The molecule has 0 aliphatic heterocycles. The number of rotatable bonds is 11. The molecule has 0 atom stereocenters. The molecule has 34 heavy (non-hydrogen) atoms. The van der Waals surface area contributed by atoms with Gasteiger partial charge in [0.2, 0.25) is 0 Å². The minimum absolute atomic E-state index is 0.647. The van der Waals surface area contributed by atoms with Crippen LogP contribution < -0.4 is 10.6 Å². The summed E-state index contributed by atoms with van der Waals surface area (Å²) in [5.74, 6) is 0. The molecule has 0 amide bonds. The maximum atomic E-state index is 5.94. The van der Waals surface area contributed by atoms with Crippen LogP contribution in [0.5, 0.6) is 0 Å². The number of benzene rings is 2. The van der Waals surface area contributed by atoms with Gasteiger partial charge < -0.3 is 10.6 Å². The van der Waals surface area contributed by atoms with Gasteiger partial charge in [-0.3, -0.25) is 4.90 Å². The first-order valence-electron chi connectivity index (χ1n) is 12.3. The molecule has 0 bridgehead atoms.